The highest BCUT2D eigenvalue weighted by atomic mass is 16.5. The first-order valence-corrected chi connectivity index (χ1v) is 9.47. The Kier molecular flexibility index (Phi) is 5.29. The van der Waals surface area contributed by atoms with Crippen molar-refractivity contribution in [3.63, 3.8) is 0 Å². The topological polar surface area (TPSA) is 64.4 Å². The third-order valence-corrected chi connectivity index (χ3v) is 4.84. The van der Waals surface area contributed by atoms with Gasteiger partial charge in [0.15, 0.2) is 0 Å². The Balaban J connectivity index is 1.40. The Morgan fingerprint density at radius 1 is 1.03 bits per heavy atom. The van der Waals surface area contributed by atoms with E-state index >= 15 is 0 Å². The van der Waals surface area contributed by atoms with Gasteiger partial charge in [-0.05, 0) is 53.6 Å². The van der Waals surface area contributed by atoms with Crippen LogP contribution in [0.3, 0.4) is 0 Å². The standard InChI is InChI=1S/C24H22N2O3/c1-16-22(26-24(29-16)18-6-4-3-5-7-18)14-23(27)25-15-17-8-9-20-13-21(28-2)11-10-19(20)12-17/h3-13H,14-15H2,1-2H3,(H,25,27). The van der Waals surface area contributed by atoms with E-state index in [-0.39, 0.29) is 12.3 Å². The minimum atomic E-state index is -0.0872. The molecule has 4 aromatic rings. The molecular weight excluding hydrogens is 364 g/mol. The molecule has 0 bridgehead atoms. The minimum absolute atomic E-state index is 0.0872. The zero-order valence-electron chi connectivity index (χ0n) is 16.4. The number of carbonyl (C=O) groups excluding carboxylic acids is 1. The van der Waals surface area contributed by atoms with E-state index in [0.717, 1.165) is 27.6 Å². The third-order valence-electron chi connectivity index (χ3n) is 4.84. The molecule has 4 rings (SSSR count). The summed E-state index contributed by atoms with van der Waals surface area (Å²) >= 11 is 0. The van der Waals surface area contributed by atoms with Crippen LogP contribution in [0.25, 0.3) is 22.2 Å². The molecule has 0 aliphatic carbocycles. The van der Waals surface area contributed by atoms with Crippen molar-refractivity contribution in [3.05, 3.63) is 83.7 Å². The number of methoxy groups -OCH3 is 1. The summed E-state index contributed by atoms with van der Waals surface area (Å²) in [5.74, 6) is 1.95. The zero-order chi connectivity index (χ0) is 20.2. The predicted octanol–water partition coefficient (Wildman–Crippen LogP) is 4.67. The largest absolute Gasteiger partial charge is 0.497 e. The number of hydrogen-bond acceptors (Lipinski definition) is 4. The molecule has 0 aliphatic rings. The smallest absolute Gasteiger partial charge is 0.226 e. The number of nitrogens with zero attached hydrogens (tertiary/aromatic N) is 1. The quantitative estimate of drug-likeness (QED) is 0.523. The van der Waals surface area contributed by atoms with Gasteiger partial charge in [0.1, 0.15) is 11.5 Å². The number of carbonyl (C=O) groups is 1. The number of aromatic nitrogens is 1. The van der Waals surface area contributed by atoms with Crippen LogP contribution in [0.1, 0.15) is 17.0 Å². The Labute approximate surface area is 169 Å². The normalized spacial score (nSPS) is 10.8. The molecular formula is C24H22N2O3. The van der Waals surface area contributed by atoms with Crippen LogP contribution in [0.15, 0.2) is 71.1 Å². The van der Waals surface area contributed by atoms with Gasteiger partial charge in [-0.15, -0.1) is 0 Å². The van der Waals surface area contributed by atoms with Gasteiger partial charge in [-0.3, -0.25) is 4.79 Å². The minimum Gasteiger partial charge on any atom is -0.497 e. The molecule has 0 atom stereocenters. The molecule has 146 valence electrons. The van der Waals surface area contributed by atoms with Gasteiger partial charge in [0, 0.05) is 12.1 Å². The van der Waals surface area contributed by atoms with Crippen LogP contribution in [0, 0.1) is 6.92 Å². The molecule has 0 unspecified atom stereocenters. The lowest BCUT2D eigenvalue weighted by molar-refractivity contribution is -0.120. The molecule has 0 spiro atoms. The van der Waals surface area contributed by atoms with Crippen LogP contribution in [0.2, 0.25) is 0 Å². The fraction of sp³-hybridized carbons (Fsp3) is 0.167. The highest BCUT2D eigenvalue weighted by Gasteiger charge is 2.14. The number of fused-ring (bicyclic) bond motifs is 1. The summed E-state index contributed by atoms with van der Waals surface area (Å²) in [6, 6.07) is 21.7. The van der Waals surface area contributed by atoms with E-state index in [1.54, 1.807) is 7.11 Å². The first-order valence-electron chi connectivity index (χ1n) is 9.47. The molecule has 1 heterocycles. The molecule has 1 N–H and O–H groups in total. The average Bonchev–Trinajstić information content (AvgIpc) is 3.12. The molecule has 29 heavy (non-hydrogen) atoms. The van der Waals surface area contributed by atoms with Gasteiger partial charge in [-0.2, -0.15) is 0 Å². The van der Waals surface area contributed by atoms with Crippen molar-refractivity contribution in [1.82, 2.24) is 10.3 Å². The molecule has 1 aromatic heterocycles. The number of ether oxygens (including phenoxy) is 1. The van der Waals surface area contributed by atoms with Crippen LogP contribution in [0.4, 0.5) is 0 Å². The number of nitrogens with one attached hydrogen (secondary N) is 1. The van der Waals surface area contributed by atoms with Crippen molar-refractivity contribution in [2.75, 3.05) is 7.11 Å². The lowest BCUT2D eigenvalue weighted by Gasteiger charge is -2.07. The van der Waals surface area contributed by atoms with Gasteiger partial charge in [0.05, 0.1) is 19.2 Å². The maximum atomic E-state index is 12.4. The number of benzene rings is 3. The van der Waals surface area contributed by atoms with E-state index in [1.807, 2.05) is 67.6 Å². The average molecular weight is 386 g/mol. The van der Waals surface area contributed by atoms with Crippen LogP contribution in [-0.2, 0) is 17.8 Å². The van der Waals surface area contributed by atoms with Crippen LogP contribution in [-0.4, -0.2) is 18.0 Å². The highest BCUT2D eigenvalue weighted by Crippen LogP contribution is 2.23. The first-order chi connectivity index (χ1) is 14.1. The van der Waals surface area contributed by atoms with Crippen molar-refractivity contribution in [3.8, 4) is 17.2 Å². The van der Waals surface area contributed by atoms with E-state index in [2.05, 4.69) is 16.4 Å². The van der Waals surface area contributed by atoms with Gasteiger partial charge < -0.3 is 14.5 Å². The summed E-state index contributed by atoms with van der Waals surface area (Å²) in [5, 5.41) is 5.18. The van der Waals surface area contributed by atoms with Gasteiger partial charge in [-0.25, -0.2) is 4.98 Å². The van der Waals surface area contributed by atoms with E-state index in [9.17, 15) is 4.79 Å². The number of rotatable bonds is 6. The maximum Gasteiger partial charge on any atom is 0.226 e. The lowest BCUT2D eigenvalue weighted by Crippen LogP contribution is -2.24. The molecule has 0 saturated heterocycles. The number of aryl methyl sites for hydroxylation is 1. The van der Waals surface area contributed by atoms with Gasteiger partial charge in [0.25, 0.3) is 0 Å². The van der Waals surface area contributed by atoms with Crippen LogP contribution >= 0.6 is 0 Å². The highest BCUT2D eigenvalue weighted by molar-refractivity contribution is 5.85. The van der Waals surface area contributed by atoms with Crippen LogP contribution < -0.4 is 10.1 Å². The summed E-state index contributed by atoms with van der Waals surface area (Å²) in [7, 11) is 1.66. The molecule has 0 fully saturated rings. The number of oxazole rings is 1. The predicted molar refractivity (Wildman–Crippen MR) is 113 cm³/mol. The third kappa shape index (κ3) is 4.29. The van der Waals surface area contributed by atoms with E-state index in [0.29, 0.717) is 23.9 Å². The lowest BCUT2D eigenvalue weighted by atomic mass is 10.1. The summed E-state index contributed by atoms with van der Waals surface area (Å²) in [4.78, 5) is 16.9. The van der Waals surface area contributed by atoms with Crippen molar-refractivity contribution < 1.29 is 13.9 Å². The SMILES string of the molecule is COc1ccc2cc(CNC(=O)Cc3nc(-c4ccccc4)oc3C)ccc2c1. The van der Waals surface area contributed by atoms with Crippen molar-refractivity contribution in [2.45, 2.75) is 19.9 Å². The Morgan fingerprint density at radius 2 is 1.79 bits per heavy atom. The van der Waals surface area contributed by atoms with Crippen molar-refractivity contribution in [1.29, 1.82) is 0 Å². The fourth-order valence-electron chi connectivity index (χ4n) is 3.22. The zero-order valence-corrected chi connectivity index (χ0v) is 16.4. The monoisotopic (exact) mass is 386 g/mol. The maximum absolute atomic E-state index is 12.4. The second-order valence-corrected chi connectivity index (χ2v) is 6.89. The molecule has 1 amide bonds. The Morgan fingerprint density at radius 3 is 2.59 bits per heavy atom. The second kappa shape index (κ2) is 8.19. The molecule has 3 aromatic carbocycles. The summed E-state index contributed by atoms with van der Waals surface area (Å²) in [6.45, 7) is 2.29. The van der Waals surface area contributed by atoms with Gasteiger partial charge in [0.2, 0.25) is 11.8 Å². The number of amides is 1. The molecule has 0 aliphatic heterocycles. The summed E-state index contributed by atoms with van der Waals surface area (Å²) in [6.07, 6.45) is 0.187. The van der Waals surface area contributed by atoms with Gasteiger partial charge >= 0.3 is 0 Å². The number of hydrogen-bond donors (Lipinski definition) is 1. The molecule has 0 radical (unpaired) electrons. The van der Waals surface area contributed by atoms with Gasteiger partial charge in [-0.1, -0.05) is 36.4 Å². The molecule has 5 nitrogen and oxygen atoms in total. The molecule has 5 heteroatoms. The Hall–Kier alpha value is -3.60. The fourth-order valence-corrected chi connectivity index (χ4v) is 3.22. The van der Waals surface area contributed by atoms with E-state index < -0.39 is 0 Å². The van der Waals surface area contributed by atoms with E-state index in [1.165, 1.54) is 0 Å². The van der Waals surface area contributed by atoms with Crippen molar-refractivity contribution in [2.24, 2.45) is 0 Å². The van der Waals surface area contributed by atoms with E-state index in [4.69, 9.17) is 9.15 Å². The second-order valence-electron chi connectivity index (χ2n) is 6.89. The summed E-state index contributed by atoms with van der Waals surface area (Å²) < 4.78 is 11.0. The van der Waals surface area contributed by atoms with Crippen molar-refractivity contribution >= 4 is 16.7 Å². The first kappa shape index (κ1) is 18.7. The molecule has 0 saturated carbocycles. The summed E-state index contributed by atoms with van der Waals surface area (Å²) in [5.41, 5.74) is 2.60. The Bertz CT molecular complexity index is 1150. The van der Waals surface area contributed by atoms with Crippen LogP contribution in [0.5, 0.6) is 5.75 Å².